The predicted molar refractivity (Wildman–Crippen MR) is 117 cm³/mol. The lowest BCUT2D eigenvalue weighted by Gasteiger charge is -2.11. The summed E-state index contributed by atoms with van der Waals surface area (Å²) in [6, 6.07) is 12.0. The number of carbonyl (C=O) groups excluding carboxylic acids is 3. The molecule has 2 rings (SSSR count). The van der Waals surface area contributed by atoms with Gasteiger partial charge in [0.2, 0.25) is 11.8 Å². The van der Waals surface area contributed by atoms with Crippen LogP contribution in [0.25, 0.3) is 0 Å². The number of carbonyl (C=O) groups is 3. The van der Waals surface area contributed by atoms with Crippen LogP contribution < -0.4 is 21.5 Å². The van der Waals surface area contributed by atoms with Crippen molar-refractivity contribution in [3.63, 3.8) is 0 Å². The maximum absolute atomic E-state index is 12.0. The number of hydrazine groups is 1. The van der Waals surface area contributed by atoms with E-state index >= 15 is 0 Å². The Morgan fingerprint density at radius 2 is 1.59 bits per heavy atom. The van der Waals surface area contributed by atoms with Gasteiger partial charge in [0, 0.05) is 29.1 Å². The SMILES string of the molecule is Cc1ccc(NC(=O)CCC(=O)NNC(=S)NC(=O)c2ccc(Cl)cc2)c(C)c1. The van der Waals surface area contributed by atoms with Gasteiger partial charge in [0.25, 0.3) is 5.91 Å². The summed E-state index contributed by atoms with van der Waals surface area (Å²) in [5.74, 6) is -1.16. The normalized spacial score (nSPS) is 10.0. The van der Waals surface area contributed by atoms with Gasteiger partial charge < -0.3 is 5.32 Å². The molecule has 0 heterocycles. The lowest BCUT2D eigenvalue weighted by Crippen LogP contribution is -2.48. The summed E-state index contributed by atoms with van der Waals surface area (Å²) in [5, 5.41) is 5.64. The number of thiocarbonyl (C=S) groups is 1. The standard InChI is InChI=1S/C20H21ClN4O3S/c1-12-3-8-16(13(2)11-12)22-17(26)9-10-18(27)24-25-20(29)23-19(28)14-4-6-15(21)7-5-14/h3-8,11H,9-10H2,1-2H3,(H,22,26)(H,24,27)(H2,23,25,28,29). The van der Waals surface area contributed by atoms with Crippen molar-refractivity contribution < 1.29 is 14.4 Å². The maximum atomic E-state index is 12.0. The highest BCUT2D eigenvalue weighted by Gasteiger charge is 2.11. The van der Waals surface area contributed by atoms with Crippen molar-refractivity contribution in [2.45, 2.75) is 26.7 Å². The first-order chi connectivity index (χ1) is 13.7. The Morgan fingerprint density at radius 3 is 2.24 bits per heavy atom. The molecular formula is C20H21ClN4O3S. The number of benzene rings is 2. The molecule has 3 amide bonds. The summed E-state index contributed by atoms with van der Waals surface area (Å²) < 4.78 is 0. The molecule has 0 fully saturated rings. The fourth-order valence-electron chi connectivity index (χ4n) is 2.39. The number of halogens is 1. The van der Waals surface area contributed by atoms with E-state index < -0.39 is 11.8 Å². The van der Waals surface area contributed by atoms with Crippen molar-refractivity contribution >= 4 is 52.3 Å². The van der Waals surface area contributed by atoms with E-state index in [4.69, 9.17) is 23.8 Å². The highest BCUT2D eigenvalue weighted by atomic mass is 35.5. The predicted octanol–water partition coefficient (Wildman–Crippen LogP) is 3.01. The summed E-state index contributed by atoms with van der Waals surface area (Å²) in [4.78, 5) is 35.9. The minimum absolute atomic E-state index is 0.00469. The Morgan fingerprint density at radius 1 is 0.931 bits per heavy atom. The van der Waals surface area contributed by atoms with E-state index in [2.05, 4.69) is 21.5 Å². The number of rotatable bonds is 5. The third-order valence-electron chi connectivity index (χ3n) is 3.88. The molecule has 0 bridgehead atoms. The van der Waals surface area contributed by atoms with Gasteiger partial charge in [-0.25, -0.2) is 0 Å². The zero-order chi connectivity index (χ0) is 21.4. The topological polar surface area (TPSA) is 99.3 Å². The van der Waals surface area contributed by atoms with Gasteiger partial charge in [-0.2, -0.15) is 0 Å². The van der Waals surface area contributed by atoms with Gasteiger partial charge in [0.05, 0.1) is 0 Å². The molecule has 152 valence electrons. The van der Waals surface area contributed by atoms with E-state index in [1.165, 1.54) is 0 Å². The van der Waals surface area contributed by atoms with Crippen LogP contribution in [0.15, 0.2) is 42.5 Å². The van der Waals surface area contributed by atoms with Crippen molar-refractivity contribution in [3.05, 3.63) is 64.2 Å². The van der Waals surface area contributed by atoms with Crippen LogP contribution in [0.3, 0.4) is 0 Å². The molecular weight excluding hydrogens is 412 g/mol. The number of aryl methyl sites for hydroxylation is 2. The lowest BCUT2D eigenvalue weighted by molar-refractivity contribution is -0.124. The van der Waals surface area contributed by atoms with Crippen LogP contribution >= 0.6 is 23.8 Å². The molecule has 0 saturated carbocycles. The molecule has 29 heavy (non-hydrogen) atoms. The van der Waals surface area contributed by atoms with Crippen LogP contribution in [0.5, 0.6) is 0 Å². The molecule has 0 aliphatic carbocycles. The molecule has 7 nitrogen and oxygen atoms in total. The fraction of sp³-hybridized carbons (Fsp3) is 0.200. The highest BCUT2D eigenvalue weighted by Crippen LogP contribution is 2.16. The van der Waals surface area contributed by atoms with Gasteiger partial charge >= 0.3 is 0 Å². The number of anilines is 1. The van der Waals surface area contributed by atoms with Crippen LogP contribution in [-0.4, -0.2) is 22.8 Å². The summed E-state index contributed by atoms with van der Waals surface area (Å²) in [7, 11) is 0. The monoisotopic (exact) mass is 432 g/mol. The Labute approximate surface area is 179 Å². The second-order valence-electron chi connectivity index (χ2n) is 6.33. The first-order valence-electron chi connectivity index (χ1n) is 8.77. The third kappa shape index (κ3) is 7.52. The van der Waals surface area contributed by atoms with E-state index in [1.54, 1.807) is 24.3 Å². The Hall–Kier alpha value is -2.97. The molecule has 0 aliphatic rings. The maximum Gasteiger partial charge on any atom is 0.257 e. The zero-order valence-electron chi connectivity index (χ0n) is 16.0. The van der Waals surface area contributed by atoms with Crippen molar-refractivity contribution in [2.75, 3.05) is 5.32 Å². The minimum Gasteiger partial charge on any atom is -0.326 e. The van der Waals surface area contributed by atoms with Crippen molar-refractivity contribution in [1.82, 2.24) is 16.2 Å². The van der Waals surface area contributed by atoms with E-state index in [9.17, 15) is 14.4 Å². The Balaban J connectivity index is 1.70. The number of nitrogens with one attached hydrogen (secondary N) is 4. The van der Waals surface area contributed by atoms with Crippen LogP contribution in [0.4, 0.5) is 5.69 Å². The third-order valence-corrected chi connectivity index (χ3v) is 4.34. The van der Waals surface area contributed by atoms with Crippen LogP contribution in [-0.2, 0) is 9.59 Å². The minimum atomic E-state index is -0.443. The van der Waals surface area contributed by atoms with Gasteiger partial charge in [-0.3, -0.25) is 30.6 Å². The van der Waals surface area contributed by atoms with Gasteiger partial charge in [0.15, 0.2) is 5.11 Å². The van der Waals surface area contributed by atoms with E-state index in [0.29, 0.717) is 16.3 Å². The van der Waals surface area contributed by atoms with E-state index in [1.807, 2.05) is 32.0 Å². The molecule has 9 heteroatoms. The van der Waals surface area contributed by atoms with Crippen LogP contribution in [0.2, 0.25) is 5.02 Å². The summed E-state index contributed by atoms with van der Waals surface area (Å²) >= 11 is 10.7. The molecule has 0 spiro atoms. The molecule has 4 N–H and O–H groups in total. The number of hydrogen-bond acceptors (Lipinski definition) is 4. The van der Waals surface area contributed by atoms with E-state index in [-0.39, 0.29) is 23.9 Å². The fourth-order valence-corrected chi connectivity index (χ4v) is 2.66. The first-order valence-corrected chi connectivity index (χ1v) is 9.56. The molecule has 2 aromatic rings. The van der Waals surface area contributed by atoms with Gasteiger partial charge in [-0.15, -0.1) is 0 Å². The molecule has 0 radical (unpaired) electrons. The molecule has 0 aliphatic heterocycles. The highest BCUT2D eigenvalue weighted by molar-refractivity contribution is 7.80. The van der Waals surface area contributed by atoms with Gasteiger partial charge in [-0.05, 0) is 62.0 Å². The average molecular weight is 433 g/mol. The van der Waals surface area contributed by atoms with Crippen molar-refractivity contribution in [1.29, 1.82) is 0 Å². The Bertz CT molecular complexity index is 932. The average Bonchev–Trinajstić information content (AvgIpc) is 2.67. The number of hydrogen-bond donors (Lipinski definition) is 4. The van der Waals surface area contributed by atoms with E-state index in [0.717, 1.165) is 11.1 Å². The molecule has 0 saturated heterocycles. The summed E-state index contributed by atoms with van der Waals surface area (Å²) in [6.07, 6.45) is -0.0395. The first kappa shape index (κ1) is 22.3. The quantitative estimate of drug-likeness (QED) is 0.430. The van der Waals surface area contributed by atoms with Crippen LogP contribution in [0.1, 0.15) is 34.3 Å². The van der Waals surface area contributed by atoms with Crippen molar-refractivity contribution in [2.24, 2.45) is 0 Å². The molecule has 0 unspecified atom stereocenters. The zero-order valence-corrected chi connectivity index (χ0v) is 17.5. The Kier molecular flexibility index (Phi) is 8.11. The van der Waals surface area contributed by atoms with Crippen LogP contribution in [0, 0.1) is 13.8 Å². The van der Waals surface area contributed by atoms with Gasteiger partial charge in [0.1, 0.15) is 0 Å². The van der Waals surface area contributed by atoms with Gasteiger partial charge in [-0.1, -0.05) is 29.3 Å². The smallest absolute Gasteiger partial charge is 0.257 e. The largest absolute Gasteiger partial charge is 0.326 e. The second kappa shape index (κ2) is 10.5. The summed E-state index contributed by atoms with van der Waals surface area (Å²) in [5.41, 5.74) is 7.90. The number of amides is 3. The molecule has 0 atom stereocenters. The molecule has 2 aromatic carbocycles. The lowest BCUT2D eigenvalue weighted by atomic mass is 10.1. The summed E-state index contributed by atoms with van der Waals surface area (Å²) in [6.45, 7) is 3.87. The van der Waals surface area contributed by atoms with Crippen molar-refractivity contribution in [3.8, 4) is 0 Å². The molecule has 0 aromatic heterocycles. The second-order valence-corrected chi connectivity index (χ2v) is 7.17.